The molecule has 31 heavy (non-hydrogen) atoms. The van der Waals surface area contributed by atoms with Crippen molar-refractivity contribution < 1.29 is 14.0 Å². The molecule has 4 rings (SSSR count). The van der Waals surface area contributed by atoms with Gasteiger partial charge in [0.2, 0.25) is 11.8 Å². The minimum Gasteiger partial charge on any atom is -0.467 e. The van der Waals surface area contributed by atoms with Gasteiger partial charge in [-0.25, -0.2) is 0 Å². The van der Waals surface area contributed by atoms with Crippen molar-refractivity contribution in [2.45, 2.75) is 57.4 Å². The molecule has 0 bridgehead atoms. The fourth-order valence-electron chi connectivity index (χ4n) is 4.74. The van der Waals surface area contributed by atoms with Gasteiger partial charge in [-0.05, 0) is 44.5 Å². The molecule has 7 nitrogen and oxygen atoms in total. The summed E-state index contributed by atoms with van der Waals surface area (Å²) in [6.07, 6.45) is 3.70. The maximum Gasteiger partial charge on any atom is 0.239 e. The van der Waals surface area contributed by atoms with Crippen molar-refractivity contribution in [3.63, 3.8) is 0 Å². The summed E-state index contributed by atoms with van der Waals surface area (Å²) in [6.45, 7) is 4.74. The largest absolute Gasteiger partial charge is 0.467 e. The third-order valence-corrected chi connectivity index (χ3v) is 6.60. The van der Waals surface area contributed by atoms with E-state index in [1.165, 1.54) is 11.1 Å². The Kier molecular flexibility index (Phi) is 6.73. The summed E-state index contributed by atoms with van der Waals surface area (Å²) in [5.74, 6) is 0.852. The first-order chi connectivity index (χ1) is 15.0. The van der Waals surface area contributed by atoms with E-state index in [1.807, 2.05) is 12.1 Å². The van der Waals surface area contributed by atoms with Crippen LogP contribution in [0.15, 0.2) is 47.1 Å². The van der Waals surface area contributed by atoms with Gasteiger partial charge in [-0.2, -0.15) is 0 Å². The lowest BCUT2D eigenvalue weighted by Gasteiger charge is -2.33. The molecule has 0 saturated carbocycles. The first-order valence-corrected chi connectivity index (χ1v) is 11.1. The molecule has 0 spiro atoms. The van der Waals surface area contributed by atoms with Crippen molar-refractivity contribution in [2.75, 3.05) is 20.1 Å². The number of hydrogen-bond donors (Lipinski definition) is 2. The van der Waals surface area contributed by atoms with E-state index in [4.69, 9.17) is 4.42 Å². The first-order valence-electron chi connectivity index (χ1n) is 11.1. The van der Waals surface area contributed by atoms with E-state index in [0.29, 0.717) is 25.9 Å². The molecular formula is C24H32N4O3. The highest BCUT2D eigenvalue weighted by Gasteiger charge is 2.44. The third-order valence-electron chi connectivity index (χ3n) is 6.60. The summed E-state index contributed by atoms with van der Waals surface area (Å²) in [5.41, 5.74) is 2.47. The molecule has 2 fully saturated rings. The number of hydrogen-bond acceptors (Lipinski definition) is 5. The van der Waals surface area contributed by atoms with E-state index < -0.39 is 0 Å². The Morgan fingerprint density at radius 3 is 2.81 bits per heavy atom. The Hall–Kier alpha value is -2.64. The summed E-state index contributed by atoms with van der Waals surface area (Å²) in [5, 5.41) is 6.03. The number of nitrogens with one attached hydrogen (secondary N) is 2. The molecule has 3 heterocycles. The van der Waals surface area contributed by atoms with Crippen LogP contribution in [0.5, 0.6) is 0 Å². The zero-order valence-corrected chi connectivity index (χ0v) is 18.3. The second-order valence-corrected chi connectivity index (χ2v) is 8.72. The number of benzene rings is 1. The van der Waals surface area contributed by atoms with Crippen LogP contribution in [0.1, 0.15) is 36.1 Å². The van der Waals surface area contributed by atoms with Gasteiger partial charge in [0.1, 0.15) is 11.8 Å². The number of likely N-dealkylation sites (tertiary alicyclic amines) is 1. The normalized spacial score (nSPS) is 24.5. The first kappa shape index (κ1) is 21.6. The number of aryl methyl sites for hydroxylation is 1. The Balaban J connectivity index is 1.33. The molecule has 7 heteroatoms. The van der Waals surface area contributed by atoms with Gasteiger partial charge in [0.15, 0.2) is 0 Å². The molecule has 2 amide bonds. The zero-order chi connectivity index (χ0) is 21.8. The number of likely N-dealkylation sites (N-methyl/N-ethyl adjacent to an activating group) is 1. The highest BCUT2D eigenvalue weighted by Crippen LogP contribution is 2.28. The van der Waals surface area contributed by atoms with Crippen LogP contribution in [0.25, 0.3) is 0 Å². The van der Waals surface area contributed by atoms with Crippen molar-refractivity contribution in [1.82, 2.24) is 20.4 Å². The smallest absolute Gasteiger partial charge is 0.239 e. The highest BCUT2D eigenvalue weighted by atomic mass is 16.3. The lowest BCUT2D eigenvalue weighted by atomic mass is 10.0. The monoisotopic (exact) mass is 424 g/mol. The van der Waals surface area contributed by atoms with Crippen LogP contribution in [-0.2, 0) is 22.7 Å². The lowest BCUT2D eigenvalue weighted by molar-refractivity contribution is -0.126. The third kappa shape index (κ3) is 5.17. The topological polar surface area (TPSA) is 77.8 Å². The predicted molar refractivity (Wildman–Crippen MR) is 118 cm³/mol. The summed E-state index contributed by atoms with van der Waals surface area (Å²) in [7, 11) is 2.10. The minimum absolute atomic E-state index is 0.00402. The van der Waals surface area contributed by atoms with Gasteiger partial charge < -0.3 is 15.1 Å². The molecule has 2 aliphatic heterocycles. The van der Waals surface area contributed by atoms with Gasteiger partial charge in [0.05, 0.1) is 12.8 Å². The highest BCUT2D eigenvalue weighted by molar-refractivity contribution is 5.83. The lowest BCUT2D eigenvalue weighted by Crippen LogP contribution is -2.49. The van der Waals surface area contributed by atoms with Crippen LogP contribution in [0, 0.1) is 6.92 Å². The van der Waals surface area contributed by atoms with Crippen LogP contribution in [-0.4, -0.2) is 59.9 Å². The molecule has 0 radical (unpaired) electrons. The average molecular weight is 425 g/mol. The molecule has 166 valence electrons. The van der Waals surface area contributed by atoms with Crippen molar-refractivity contribution in [3.8, 4) is 0 Å². The average Bonchev–Trinajstić information content (AvgIpc) is 3.41. The Labute approximate surface area is 183 Å². The van der Waals surface area contributed by atoms with Gasteiger partial charge in [-0.3, -0.25) is 19.4 Å². The number of rotatable bonds is 7. The fraction of sp³-hybridized carbons (Fsp3) is 0.500. The van der Waals surface area contributed by atoms with Gasteiger partial charge in [-0.1, -0.05) is 29.8 Å². The van der Waals surface area contributed by atoms with E-state index in [2.05, 4.69) is 58.7 Å². The molecule has 3 atom stereocenters. The molecule has 2 N–H and O–H groups in total. The molecule has 1 aromatic heterocycles. The number of amides is 2. The van der Waals surface area contributed by atoms with Crippen molar-refractivity contribution >= 4 is 11.8 Å². The van der Waals surface area contributed by atoms with Crippen LogP contribution in [0.2, 0.25) is 0 Å². The molecule has 0 aliphatic carbocycles. The van der Waals surface area contributed by atoms with E-state index >= 15 is 0 Å². The second-order valence-electron chi connectivity index (χ2n) is 8.72. The Morgan fingerprint density at radius 1 is 1.26 bits per heavy atom. The van der Waals surface area contributed by atoms with Crippen LogP contribution in [0.3, 0.4) is 0 Å². The summed E-state index contributed by atoms with van der Waals surface area (Å²) in [4.78, 5) is 29.8. The molecule has 0 unspecified atom stereocenters. The Morgan fingerprint density at radius 2 is 2.06 bits per heavy atom. The number of nitrogens with zero attached hydrogens (tertiary/aromatic N) is 2. The summed E-state index contributed by atoms with van der Waals surface area (Å²) >= 11 is 0. The zero-order valence-electron chi connectivity index (χ0n) is 18.3. The van der Waals surface area contributed by atoms with Gasteiger partial charge >= 0.3 is 0 Å². The maximum absolute atomic E-state index is 12.9. The van der Waals surface area contributed by atoms with Gasteiger partial charge in [-0.15, -0.1) is 0 Å². The number of carbonyl (C=O) groups is 2. The van der Waals surface area contributed by atoms with E-state index in [0.717, 1.165) is 25.3 Å². The fourth-order valence-corrected chi connectivity index (χ4v) is 4.74. The van der Waals surface area contributed by atoms with Gasteiger partial charge in [0, 0.05) is 38.1 Å². The van der Waals surface area contributed by atoms with E-state index in [9.17, 15) is 9.59 Å². The number of carbonyl (C=O) groups excluding carboxylic acids is 2. The van der Waals surface area contributed by atoms with Crippen molar-refractivity contribution in [1.29, 1.82) is 0 Å². The van der Waals surface area contributed by atoms with Gasteiger partial charge in [0.25, 0.3) is 0 Å². The van der Waals surface area contributed by atoms with Crippen molar-refractivity contribution in [3.05, 3.63) is 59.5 Å². The van der Waals surface area contributed by atoms with Crippen LogP contribution < -0.4 is 10.6 Å². The molecule has 2 aromatic rings. The molecular weight excluding hydrogens is 392 g/mol. The van der Waals surface area contributed by atoms with E-state index in [1.54, 1.807) is 6.26 Å². The molecule has 2 aliphatic rings. The standard InChI is InChI=1S/C24H32N4O3/c1-17-5-7-18(8-6-17)16-28-12-11-21-23(28)24(30)26-14-19(27(21)2)9-10-22(29)25-15-20-4-3-13-31-20/h3-8,13,19,21,23H,9-12,14-16H2,1-2H3,(H,25,29)(H,26,30)/t19-,21+,23-/m0/s1. The molecule has 2 saturated heterocycles. The summed E-state index contributed by atoms with van der Waals surface area (Å²) < 4.78 is 5.25. The van der Waals surface area contributed by atoms with E-state index in [-0.39, 0.29) is 29.9 Å². The number of fused-ring (bicyclic) bond motifs is 1. The van der Waals surface area contributed by atoms with Crippen molar-refractivity contribution in [2.24, 2.45) is 0 Å². The minimum atomic E-state index is -0.149. The SMILES string of the molecule is Cc1ccc(CN2CC[C@@H]3[C@H]2C(=O)NC[C@H](CCC(=O)NCc2ccco2)N3C)cc1. The molecule has 1 aromatic carbocycles. The Bertz CT molecular complexity index is 881. The predicted octanol–water partition coefficient (Wildman–Crippen LogP) is 2.06. The number of furan rings is 1. The van der Waals surface area contributed by atoms with Crippen LogP contribution in [0.4, 0.5) is 0 Å². The quantitative estimate of drug-likeness (QED) is 0.712. The second kappa shape index (κ2) is 9.66. The summed E-state index contributed by atoms with van der Waals surface area (Å²) in [6, 6.07) is 12.4. The van der Waals surface area contributed by atoms with Crippen LogP contribution >= 0.6 is 0 Å². The maximum atomic E-state index is 12.9.